The molecule has 1 N–H and O–H groups in total. The van der Waals surface area contributed by atoms with E-state index in [1.54, 1.807) is 22.2 Å². The van der Waals surface area contributed by atoms with E-state index in [1.165, 1.54) is 5.56 Å². The number of aryl methyl sites for hydroxylation is 1. The lowest BCUT2D eigenvalue weighted by atomic mass is 10.2. The van der Waals surface area contributed by atoms with Gasteiger partial charge in [0.05, 0.1) is 12.2 Å². The molecule has 0 aliphatic rings. The van der Waals surface area contributed by atoms with Crippen LogP contribution in [0.1, 0.15) is 18.5 Å². The van der Waals surface area contributed by atoms with Crippen LogP contribution in [0.5, 0.6) is 0 Å². The molecule has 4 nitrogen and oxygen atoms in total. The van der Waals surface area contributed by atoms with Gasteiger partial charge in [-0.15, -0.1) is 11.3 Å². The molecule has 0 spiro atoms. The van der Waals surface area contributed by atoms with Crippen LogP contribution in [0, 0.1) is 0 Å². The van der Waals surface area contributed by atoms with E-state index in [9.17, 15) is 0 Å². The van der Waals surface area contributed by atoms with Gasteiger partial charge in [0, 0.05) is 30.4 Å². The minimum atomic E-state index is 0.245. The van der Waals surface area contributed by atoms with E-state index in [1.807, 2.05) is 24.8 Å². The lowest BCUT2D eigenvalue weighted by molar-refractivity contribution is 0.765. The van der Waals surface area contributed by atoms with E-state index >= 15 is 0 Å². The Bertz CT molecular complexity index is 393. The number of nitrogens with one attached hydrogen (secondary N) is 1. The van der Waals surface area contributed by atoms with Crippen molar-refractivity contribution in [3.63, 3.8) is 0 Å². The monoisotopic (exact) mass is 208 g/mol. The molecule has 2 rings (SSSR count). The fourth-order valence-corrected chi connectivity index (χ4v) is 1.84. The van der Waals surface area contributed by atoms with E-state index in [2.05, 4.69) is 22.3 Å². The molecule has 0 aliphatic carbocycles. The van der Waals surface area contributed by atoms with Crippen LogP contribution < -0.4 is 5.32 Å². The Kier molecular flexibility index (Phi) is 2.49. The molecule has 1 atom stereocenters. The summed E-state index contributed by atoms with van der Waals surface area (Å²) in [6.07, 6.45) is 5.67. The van der Waals surface area contributed by atoms with Gasteiger partial charge >= 0.3 is 0 Å². The molecule has 2 aromatic heterocycles. The Hall–Kier alpha value is -1.36. The molecule has 2 aromatic rings. The fourth-order valence-electron chi connectivity index (χ4n) is 1.23. The Morgan fingerprint density at radius 2 is 2.43 bits per heavy atom. The van der Waals surface area contributed by atoms with Gasteiger partial charge in [0.1, 0.15) is 0 Å². The van der Waals surface area contributed by atoms with E-state index in [4.69, 9.17) is 0 Å². The minimum Gasteiger partial charge on any atom is -0.355 e. The Morgan fingerprint density at radius 3 is 3.00 bits per heavy atom. The van der Waals surface area contributed by atoms with Gasteiger partial charge in [0.15, 0.2) is 5.13 Å². The van der Waals surface area contributed by atoms with Crippen LogP contribution in [-0.4, -0.2) is 14.8 Å². The van der Waals surface area contributed by atoms with E-state index < -0.39 is 0 Å². The number of rotatable bonds is 3. The summed E-state index contributed by atoms with van der Waals surface area (Å²) in [4.78, 5) is 4.17. The molecule has 14 heavy (non-hydrogen) atoms. The quantitative estimate of drug-likeness (QED) is 0.839. The fraction of sp³-hybridized carbons (Fsp3) is 0.333. The molecule has 0 amide bonds. The van der Waals surface area contributed by atoms with Crippen LogP contribution in [0.2, 0.25) is 0 Å². The Balaban J connectivity index is 2.06. The minimum absolute atomic E-state index is 0.245. The van der Waals surface area contributed by atoms with Gasteiger partial charge in [-0.1, -0.05) is 0 Å². The van der Waals surface area contributed by atoms with Crippen LogP contribution in [-0.2, 0) is 7.05 Å². The van der Waals surface area contributed by atoms with Crippen LogP contribution in [0.3, 0.4) is 0 Å². The van der Waals surface area contributed by atoms with Gasteiger partial charge < -0.3 is 5.32 Å². The van der Waals surface area contributed by atoms with Crippen LogP contribution in [0.4, 0.5) is 5.13 Å². The second kappa shape index (κ2) is 3.79. The molecule has 5 heteroatoms. The van der Waals surface area contributed by atoms with Crippen molar-refractivity contribution >= 4 is 16.5 Å². The summed E-state index contributed by atoms with van der Waals surface area (Å²) in [6.45, 7) is 2.10. The maximum atomic E-state index is 4.17. The largest absolute Gasteiger partial charge is 0.355 e. The molecule has 1 unspecified atom stereocenters. The average Bonchev–Trinajstić information content (AvgIpc) is 2.75. The van der Waals surface area contributed by atoms with E-state index in [0.717, 1.165) is 5.13 Å². The zero-order valence-corrected chi connectivity index (χ0v) is 8.95. The highest BCUT2D eigenvalue weighted by molar-refractivity contribution is 7.13. The first-order valence-electron chi connectivity index (χ1n) is 4.40. The average molecular weight is 208 g/mol. The second-order valence-corrected chi connectivity index (χ2v) is 4.05. The smallest absolute Gasteiger partial charge is 0.183 e. The number of aromatic nitrogens is 3. The Labute approximate surface area is 86.6 Å². The van der Waals surface area contributed by atoms with E-state index in [0.29, 0.717) is 0 Å². The van der Waals surface area contributed by atoms with Crippen molar-refractivity contribution in [2.45, 2.75) is 13.0 Å². The van der Waals surface area contributed by atoms with Crippen molar-refractivity contribution in [1.29, 1.82) is 0 Å². The molecular formula is C9H12N4S. The highest BCUT2D eigenvalue weighted by atomic mass is 32.1. The van der Waals surface area contributed by atoms with Crippen molar-refractivity contribution in [1.82, 2.24) is 14.8 Å². The summed E-state index contributed by atoms with van der Waals surface area (Å²) in [6, 6.07) is 0.245. The summed E-state index contributed by atoms with van der Waals surface area (Å²) < 4.78 is 1.80. The van der Waals surface area contributed by atoms with Crippen molar-refractivity contribution in [3.05, 3.63) is 29.5 Å². The number of hydrogen-bond acceptors (Lipinski definition) is 4. The summed E-state index contributed by atoms with van der Waals surface area (Å²) >= 11 is 1.60. The highest BCUT2D eigenvalue weighted by Crippen LogP contribution is 2.19. The van der Waals surface area contributed by atoms with Gasteiger partial charge in [-0.05, 0) is 6.92 Å². The summed E-state index contributed by atoms with van der Waals surface area (Å²) in [5, 5.41) is 10.3. The third kappa shape index (κ3) is 1.93. The number of anilines is 1. The van der Waals surface area contributed by atoms with Crippen molar-refractivity contribution in [2.75, 3.05) is 5.32 Å². The zero-order chi connectivity index (χ0) is 9.97. The first-order valence-corrected chi connectivity index (χ1v) is 5.28. The lowest BCUT2D eigenvalue weighted by Crippen LogP contribution is -2.05. The van der Waals surface area contributed by atoms with Gasteiger partial charge in [0.2, 0.25) is 0 Å². The van der Waals surface area contributed by atoms with Crippen molar-refractivity contribution < 1.29 is 0 Å². The normalized spacial score (nSPS) is 12.7. The first-order chi connectivity index (χ1) is 6.75. The van der Waals surface area contributed by atoms with E-state index in [-0.39, 0.29) is 6.04 Å². The zero-order valence-electron chi connectivity index (χ0n) is 8.14. The van der Waals surface area contributed by atoms with Crippen LogP contribution >= 0.6 is 11.3 Å². The maximum Gasteiger partial charge on any atom is 0.183 e. The van der Waals surface area contributed by atoms with Gasteiger partial charge in [-0.2, -0.15) is 5.10 Å². The Morgan fingerprint density at radius 1 is 1.57 bits per heavy atom. The molecule has 0 aromatic carbocycles. The highest BCUT2D eigenvalue weighted by Gasteiger charge is 2.07. The SMILES string of the molecule is CC(Nc1nccs1)c1cnn(C)c1. The van der Waals surface area contributed by atoms with Gasteiger partial charge in [-0.3, -0.25) is 4.68 Å². The van der Waals surface area contributed by atoms with Crippen LogP contribution in [0.15, 0.2) is 24.0 Å². The van der Waals surface area contributed by atoms with Crippen LogP contribution in [0.25, 0.3) is 0 Å². The van der Waals surface area contributed by atoms with Crippen molar-refractivity contribution in [2.24, 2.45) is 7.05 Å². The first kappa shape index (κ1) is 9.21. The number of nitrogens with zero attached hydrogens (tertiary/aromatic N) is 3. The maximum absolute atomic E-state index is 4.17. The molecule has 0 saturated heterocycles. The molecule has 0 saturated carbocycles. The third-order valence-electron chi connectivity index (χ3n) is 2.00. The molecule has 0 aliphatic heterocycles. The summed E-state index contributed by atoms with van der Waals surface area (Å²) in [5.41, 5.74) is 1.17. The van der Waals surface area contributed by atoms with Gasteiger partial charge in [0.25, 0.3) is 0 Å². The molecular weight excluding hydrogens is 196 g/mol. The summed E-state index contributed by atoms with van der Waals surface area (Å²) in [5.74, 6) is 0. The number of thiazole rings is 1. The number of hydrogen-bond donors (Lipinski definition) is 1. The second-order valence-electron chi connectivity index (χ2n) is 3.15. The molecule has 0 radical (unpaired) electrons. The topological polar surface area (TPSA) is 42.7 Å². The standard InChI is InChI=1S/C9H12N4S/c1-7(8-5-11-13(2)6-8)12-9-10-3-4-14-9/h3-7H,1-2H3,(H,10,12). The van der Waals surface area contributed by atoms with Crippen molar-refractivity contribution in [3.8, 4) is 0 Å². The molecule has 2 heterocycles. The predicted molar refractivity (Wildman–Crippen MR) is 57.4 cm³/mol. The summed E-state index contributed by atoms with van der Waals surface area (Å²) in [7, 11) is 1.92. The predicted octanol–water partition coefficient (Wildman–Crippen LogP) is 2.05. The molecule has 74 valence electrons. The van der Waals surface area contributed by atoms with Gasteiger partial charge in [-0.25, -0.2) is 4.98 Å². The molecule has 0 fully saturated rings. The lowest BCUT2D eigenvalue weighted by Gasteiger charge is -2.09. The third-order valence-corrected chi connectivity index (χ3v) is 2.70. The molecule has 0 bridgehead atoms.